The summed E-state index contributed by atoms with van der Waals surface area (Å²) in [6.45, 7) is 0. The molecule has 4 N–H and O–H groups in total. The van der Waals surface area contributed by atoms with E-state index in [0.717, 1.165) is 6.07 Å². The molecule has 0 aliphatic carbocycles. The van der Waals surface area contributed by atoms with Crippen LogP contribution in [0, 0.1) is 11.6 Å². The zero-order chi connectivity index (χ0) is 13.1. The van der Waals surface area contributed by atoms with Crippen LogP contribution in [-0.2, 0) is 0 Å². The first-order chi connectivity index (χ1) is 8.60. The highest BCUT2D eigenvalue weighted by molar-refractivity contribution is 9.10. The molecule has 1 heterocycles. The molecule has 0 aliphatic rings. The van der Waals surface area contributed by atoms with Gasteiger partial charge in [0.2, 0.25) is 0 Å². The predicted octanol–water partition coefficient (Wildman–Crippen LogP) is 2.55. The molecule has 2 rings (SSSR count). The van der Waals surface area contributed by atoms with E-state index in [1.165, 1.54) is 18.5 Å². The molecular formula is C10H8BrF2N5. The van der Waals surface area contributed by atoms with E-state index < -0.39 is 11.6 Å². The van der Waals surface area contributed by atoms with Gasteiger partial charge in [0.05, 0.1) is 10.2 Å². The maximum absolute atomic E-state index is 13.5. The van der Waals surface area contributed by atoms with Crippen LogP contribution in [-0.4, -0.2) is 9.97 Å². The third kappa shape index (κ3) is 2.71. The van der Waals surface area contributed by atoms with Crippen LogP contribution >= 0.6 is 15.9 Å². The number of nitrogens with zero attached hydrogens (tertiary/aromatic N) is 2. The van der Waals surface area contributed by atoms with E-state index in [9.17, 15) is 8.78 Å². The van der Waals surface area contributed by atoms with Gasteiger partial charge in [0, 0.05) is 12.1 Å². The summed E-state index contributed by atoms with van der Waals surface area (Å²) in [5.41, 5.74) is 2.42. The molecule has 0 bridgehead atoms. The number of hydrazine groups is 1. The maximum Gasteiger partial charge on any atom is 0.149 e. The van der Waals surface area contributed by atoms with Crippen molar-refractivity contribution in [1.29, 1.82) is 0 Å². The van der Waals surface area contributed by atoms with Crippen molar-refractivity contribution < 1.29 is 8.78 Å². The molecule has 0 atom stereocenters. The second kappa shape index (κ2) is 5.23. The van der Waals surface area contributed by atoms with E-state index in [1.54, 1.807) is 0 Å². The Kier molecular flexibility index (Phi) is 3.68. The van der Waals surface area contributed by atoms with Gasteiger partial charge in [-0.2, -0.15) is 0 Å². The third-order valence-corrected chi connectivity index (χ3v) is 2.70. The van der Waals surface area contributed by atoms with Gasteiger partial charge in [0.15, 0.2) is 0 Å². The Bertz CT molecular complexity index is 578. The summed E-state index contributed by atoms with van der Waals surface area (Å²) in [5, 5.41) is 2.70. The van der Waals surface area contributed by atoms with Crippen LogP contribution < -0.4 is 16.6 Å². The molecule has 1 aromatic heterocycles. The van der Waals surface area contributed by atoms with Crippen LogP contribution in [0.1, 0.15) is 0 Å². The van der Waals surface area contributed by atoms with Gasteiger partial charge in [-0.15, -0.1) is 0 Å². The molecule has 0 aliphatic heterocycles. The summed E-state index contributed by atoms with van der Waals surface area (Å²) in [6, 6.07) is 3.54. The minimum Gasteiger partial charge on any atom is -0.338 e. The monoisotopic (exact) mass is 315 g/mol. The van der Waals surface area contributed by atoms with E-state index in [0.29, 0.717) is 11.6 Å². The van der Waals surface area contributed by atoms with Crippen molar-refractivity contribution in [2.24, 2.45) is 5.84 Å². The quantitative estimate of drug-likeness (QED) is 0.461. The Morgan fingerprint density at radius 1 is 1.06 bits per heavy atom. The molecule has 0 fully saturated rings. The van der Waals surface area contributed by atoms with Gasteiger partial charge >= 0.3 is 0 Å². The highest BCUT2D eigenvalue weighted by Crippen LogP contribution is 2.26. The Labute approximate surface area is 110 Å². The highest BCUT2D eigenvalue weighted by Gasteiger charge is 2.09. The number of anilines is 3. The van der Waals surface area contributed by atoms with Crippen molar-refractivity contribution in [2.75, 3.05) is 10.7 Å². The van der Waals surface area contributed by atoms with E-state index in [1.807, 2.05) is 0 Å². The van der Waals surface area contributed by atoms with Gasteiger partial charge in [-0.05, 0) is 22.0 Å². The van der Waals surface area contributed by atoms with Gasteiger partial charge in [-0.25, -0.2) is 24.6 Å². The average Bonchev–Trinajstić information content (AvgIpc) is 2.36. The van der Waals surface area contributed by atoms with Crippen LogP contribution in [0.3, 0.4) is 0 Å². The van der Waals surface area contributed by atoms with Crippen LogP contribution in [0.2, 0.25) is 0 Å². The minimum atomic E-state index is -0.725. The fourth-order valence-electron chi connectivity index (χ4n) is 1.26. The molecule has 1 aromatic carbocycles. The van der Waals surface area contributed by atoms with Crippen LogP contribution in [0.5, 0.6) is 0 Å². The number of nitrogens with one attached hydrogen (secondary N) is 2. The van der Waals surface area contributed by atoms with Gasteiger partial charge < -0.3 is 10.7 Å². The van der Waals surface area contributed by atoms with Crippen molar-refractivity contribution in [3.05, 3.63) is 40.6 Å². The van der Waals surface area contributed by atoms with Crippen LogP contribution in [0.4, 0.5) is 26.1 Å². The molecule has 8 heteroatoms. The molecule has 5 nitrogen and oxygen atoms in total. The zero-order valence-electron chi connectivity index (χ0n) is 8.92. The van der Waals surface area contributed by atoms with Crippen molar-refractivity contribution >= 4 is 33.3 Å². The number of rotatable bonds is 3. The number of nitrogen functional groups attached to an aromatic ring is 1. The molecule has 0 amide bonds. The Morgan fingerprint density at radius 3 is 2.50 bits per heavy atom. The second-order valence-corrected chi connectivity index (χ2v) is 4.16. The largest absolute Gasteiger partial charge is 0.338 e. The fourth-order valence-corrected chi connectivity index (χ4v) is 1.60. The van der Waals surface area contributed by atoms with E-state index in [2.05, 4.69) is 36.6 Å². The number of hydrogen-bond acceptors (Lipinski definition) is 5. The average molecular weight is 316 g/mol. The Balaban J connectivity index is 2.30. The maximum atomic E-state index is 13.5. The Hall–Kier alpha value is -1.80. The van der Waals surface area contributed by atoms with Gasteiger partial charge in [-0.3, -0.25) is 0 Å². The molecule has 2 aromatic rings. The molecule has 0 radical (unpaired) electrons. The smallest absolute Gasteiger partial charge is 0.149 e. The van der Waals surface area contributed by atoms with Crippen LogP contribution in [0.25, 0.3) is 0 Å². The number of benzene rings is 1. The lowest BCUT2D eigenvalue weighted by Crippen LogP contribution is -2.09. The molecule has 0 saturated heterocycles. The predicted molar refractivity (Wildman–Crippen MR) is 67.2 cm³/mol. The van der Waals surface area contributed by atoms with Crippen molar-refractivity contribution in [2.45, 2.75) is 0 Å². The summed E-state index contributed by atoms with van der Waals surface area (Å²) in [5.74, 6) is 4.48. The van der Waals surface area contributed by atoms with Crippen molar-refractivity contribution in [3.63, 3.8) is 0 Å². The topological polar surface area (TPSA) is 75.9 Å². The minimum absolute atomic E-state index is 0.0879. The first-order valence-electron chi connectivity index (χ1n) is 4.80. The zero-order valence-corrected chi connectivity index (χ0v) is 10.5. The molecule has 0 spiro atoms. The van der Waals surface area contributed by atoms with Crippen LogP contribution in [0.15, 0.2) is 29.0 Å². The van der Waals surface area contributed by atoms with Crippen molar-refractivity contribution in [3.8, 4) is 0 Å². The number of hydrogen-bond donors (Lipinski definition) is 3. The summed E-state index contributed by atoms with van der Waals surface area (Å²) in [4.78, 5) is 7.69. The van der Waals surface area contributed by atoms with Gasteiger partial charge in [-0.1, -0.05) is 0 Å². The molecule has 18 heavy (non-hydrogen) atoms. The lowest BCUT2D eigenvalue weighted by atomic mass is 10.3. The third-order valence-electron chi connectivity index (χ3n) is 2.09. The number of halogens is 3. The number of aromatic nitrogens is 2. The Morgan fingerprint density at radius 2 is 1.78 bits per heavy atom. The molecule has 94 valence electrons. The molecular weight excluding hydrogens is 308 g/mol. The lowest BCUT2D eigenvalue weighted by molar-refractivity contribution is 0.581. The van der Waals surface area contributed by atoms with E-state index >= 15 is 0 Å². The summed E-state index contributed by atoms with van der Waals surface area (Å²) in [6.07, 6.45) is 1.26. The van der Waals surface area contributed by atoms with Crippen molar-refractivity contribution in [1.82, 2.24) is 9.97 Å². The second-order valence-electron chi connectivity index (χ2n) is 3.30. The van der Waals surface area contributed by atoms with Gasteiger partial charge in [0.25, 0.3) is 0 Å². The first-order valence-corrected chi connectivity index (χ1v) is 5.59. The van der Waals surface area contributed by atoms with Gasteiger partial charge in [0.1, 0.15) is 29.6 Å². The summed E-state index contributed by atoms with van der Waals surface area (Å²) < 4.78 is 26.7. The summed E-state index contributed by atoms with van der Waals surface area (Å²) in [7, 11) is 0. The standard InChI is InChI=1S/C10H8BrF2N5/c11-5-1-8(7(13)2-6(5)12)17-9-3-10(18-14)16-4-15-9/h1-4H,14H2,(H2,15,16,17,18). The lowest BCUT2D eigenvalue weighted by Gasteiger charge is -2.08. The van der Waals surface area contributed by atoms with E-state index in [4.69, 9.17) is 5.84 Å². The molecule has 0 unspecified atom stereocenters. The highest BCUT2D eigenvalue weighted by atomic mass is 79.9. The normalized spacial score (nSPS) is 10.2. The molecule has 0 saturated carbocycles. The first kappa shape index (κ1) is 12.7. The number of nitrogens with two attached hydrogens (primary N) is 1. The van der Waals surface area contributed by atoms with E-state index in [-0.39, 0.29) is 10.2 Å². The summed E-state index contributed by atoms with van der Waals surface area (Å²) >= 11 is 2.97. The fraction of sp³-hybridized carbons (Fsp3) is 0. The SMILES string of the molecule is NNc1cc(Nc2cc(Br)c(F)cc2F)ncn1.